The van der Waals surface area contributed by atoms with Gasteiger partial charge < -0.3 is 40.3 Å². The second kappa shape index (κ2) is 38.6. The molecule has 0 saturated carbocycles. The van der Waals surface area contributed by atoms with Gasteiger partial charge in [0.15, 0.2) is 6.29 Å². The summed E-state index contributed by atoms with van der Waals surface area (Å²) in [5, 5.41) is 54.2. The molecule has 1 saturated heterocycles. The molecular formula is C48H89NO8. The average Bonchev–Trinajstić information content (AvgIpc) is 3.21. The third-order valence-corrected chi connectivity index (χ3v) is 11.2. The van der Waals surface area contributed by atoms with Crippen LogP contribution in [0.1, 0.15) is 206 Å². The number of nitrogens with one attached hydrogen (secondary N) is 1. The zero-order chi connectivity index (χ0) is 41.6. The van der Waals surface area contributed by atoms with Gasteiger partial charge in [-0.1, -0.05) is 192 Å². The minimum Gasteiger partial charge on any atom is -0.394 e. The van der Waals surface area contributed by atoms with Crippen LogP contribution in [0.5, 0.6) is 0 Å². The van der Waals surface area contributed by atoms with E-state index in [-0.39, 0.29) is 12.5 Å². The average molecular weight is 808 g/mol. The van der Waals surface area contributed by atoms with Crippen molar-refractivity contribution in [2.24, 2.45) is 0 Å². The van der Waals surface area contributed by atoms with Gasteiger partial charge in [0.2, 0.25) is 5.91 Å². The molecule has 0 aromatic heterocycles. The molecule has 9 heteroatoms. The highest BCUT2D eigenvalue weighted by Gasteiger charge is 2.44. The molecule has 0 aromatic rings. The van der Waals surface area contributed by atoms with Gasteiger partial charge in [0, 0.05) is 6.42 Å². The van der Waals surface area contributed by atoms with Crippen molar-refractivity contribution >= 4 is 5.91 Å². The van der Waals surface area contributed by atoms with Gasteiger partial charge in [0.05, 0.1) is 25.4 Å². The number of rotatable bonds is 39. The minimum atomic E-state index is -1.57. The SMILES string of the molecule is CCC/C=C\C/C=C\CCCCCCCC(=O)NC(COC1OC(CO)C(O)C(O)C1O)C(O)/C=C/CCCCCCCCCCCCCCCCCCCCC. The third kappa shape index (κ3) is 29.3. The number of aliphatic hydroxyl groups excluding tert-OH is 5. The second-order valence-electron chi connectivity index (χ2n) is 16.5. The lowest BCUT2D eigenvalue weighted by molar-refractivity contribution is -0.302. The molecule has 7 atom stereocenters. The van der Waals surface area contributed by atoms with E-state index in [4.69, 9.17) is 9.47 Å². The van der Waals surface area contributed by atoms with Gasteiger partial charge in [0.25, 0.3) is 0 Å². The summed E-state index contributed by atoms with van der Waals surface area (Å²) in [6, 6.07) is -0.810. The number of carbonyl (C=O) groups is 1. The van der Waals surface area contributed by atoms with Crippen molar-refractivity contribution in [3.8, 4) is 0 Å². The first-order valence-corrected chi connectivity index (χ1v) is 23.7. The number of hydrogen-bond donors (Lipinski definition) is 6. The van der Waals surface area contributed by atoms with Crippen LogP contribution in [0, 0.1) is 0 Å². The zero-order valence-corrected chi connectivity index (χ0v) is 36.6. The van der Waals surface area contributed by atoms with Crippen LogP contribution in [-0.2, 0) is 14.3 Å². The molecule has 57 heavy (non-hydrogen) atoms. The molecule has 7 unspecified atom stereocenters. The Kier molecular flexibility index (Phi) is 36.2. The molecule has 9 nitrogen and oxygen atoms in total. The Morgan fingerprint density at radius 2 is 1.07 bits per heavy atom. The van der Waals surface area contributed by atoms with Crippen LogP contribution in [0.4, 0.5) is 0 Å². The molecule has 1 aliphatic rings. The summed E-state index contributed by atoms with van der Waals surface area (Å²) < 4.78 is 11.2. The maximum Gasteiger partial charge on any atom is 0.220 e. The molecule has 0 aromatic carbocycles. The molecule has 334 valence electrons. The van der Waals surface area contributed by atoms with Crippen LogP contribution in [-0.4, -0.2) is 87.5 Å². The van der Waals surface area contributed by atoms with E-state index in [0.717, 1.165) is 70.6 Å². The van der Waals surface area contributed by atoms with Crippen molar-refractivity contribution in [2.45, 2.75) is 249 Å². The number of ether oxygens (including phenoxy) is 2. The van der Waals surface area contributed by atoms with Crippen molar-refractivity contribution in [1.82, 2.24) is 5.32 Å². The lowest BCUT2D eigenvalue weighted by Gasteiger charge is -2.40. The van der Waals surface area contributed by atoms with E-state index in [1.165, 1.54) is 116 Å². The molecule has 6 N–H and O–H groups in total. The van der Waals surface area contributed by atoms with Crippen LogP contribution < -0.4 is 5.32 Å². The number of aliphatic hydroxyl groups is 5. The van der Waals surface area contributed by atoms with Crippen LogP contribution >= 0.6 is 0 Å². The lowest BCUT2D eigenvalue weighted by Crippen LogP contribution is -2.60. The summed E-state index contributed by atoms with van der Waals surface area (Å²) in [6.07, 6.45) is 40.5. The standard InChI is InChI=1S/C48H89NO8/c1-3-5-7-9-11-13-15-17-18-19-20-21-22-23-24-26-27-29-31-33-35-37-42(51)41(40-56-48-47(55)46(54)45(53)43(39-50)57-48)49-44(52)38-36-34-32-30-28-25-16-14-12-10-8-6-4-2/h8,10,14,16,35,37,41-43,45-48,50-51,53-55H,3-7,9,11-13,15,17-34,36,38-40H2,1-2H3,(H,49,52)/b10-8-,16-14-,37-35+. The Morgan fingerprint density at radius 3 is 1.58 bits per heavy atom. The molecule has 1 rings (SSSR count). The van der Waals surface area contributed by atoms with Crippen molar-refractivity contribution in [1.29, 1.82) is 0 Å². The maximum absolute atomic E-state index is 12.9. The van der Waals surface area contributed by atoms with Gasteiger partial charge in [-0.15, -0.1) is 0 Å². The number of allylic oxidation sites excluding steroid dienone is 5. The molecule has 0 radical (unpaired) electrons. The second-order valence-corrected chi connectivity index (χ2v) is 16.5. The first-order valence-electron chi connectivity index (χ1n) is 23.7. The van der Waals surface area contributed by atoms with E-state index in [2.05, 4.69) is 43.5 Å². The number of carbonyl (C=O) groups excluding carboxylic acids is 1. The fourth-order valence-electron chi connectivity index (χ4n) is 7.37. The molecule has 1 fully saturated rings. The molecule has 1 aliphatic heterocycles. The fraction of sp³-hybridized carbons (Fsp3) is 0.854. The van der Waals surface area contributed by atoms with Gasteiger partial charge in [-0.25, -0.2) is 0 Å². The Hall–Kier alpha value is -1.59. The van der Waals surface area contributed by atoms with Crippen molar-refractivity contribution in [3.63, 3.8) is 0 Å². The monoisotopic (exact) mass is 808 g/mol. The first-order chi connectivity index (χ1) is 27.8. The van der Waals surface area contributed by atoms with E-state index in [0.29, 0.717) is 6.42 Å². The number of amides is 1. The molecule has 1 heterocycles. The highest BCUT2D eigenvalue weighted by molar-refractivity contribution is 5.76. The predicted molar refractivity (Wildman–Crippen MR) is 235 cm³/mol. The third-order valence-electron chi connectivity index (χ3n) is 11.2. The van der Waals surface area contributed by atoms with Gasteiger partial charge >= 0.3 is 0 Å². The summed E-state index contributed by atoms with van der Waals surface area (Å²) in [5.41, 5.74) is 0. The lowest BCUT2D eigenvalue weighted by atomic mass is 9.99. The van der Waals surface area contributed by atoms with E-state index >= 15 is 0 Å². The Morgan fingerprint density at radius 1 is 0.596 bits per heavy atom. The fourth-order valence-corrected chi connectivity index (χ4v) is 7.37. The van der Waals surface area contributed by atoms with Crippen LogP contribution in [0.2, 0.25) is 0 Å². The van der Waals surface area contributed by atoms with Gasteiger partial charge in [-0.3, -0.25) is 4.79 Å². The van der Waals surface area contributed by atoms with E-state index in [1.807, 2.05) is 6.08 Å². The van der Waals surface area contributed by atoms with Crippen molar-refractivity contribution in [3.05, 3.63) is 36.5 Å². The number of unbranched alkanes of at least 4 members (excludes halogenated alkanes) is 25. The highest BCUT2D eigenvalue weighted by Crippen LogP contribution is 2.23. The summed E-state index contributed by atoms with van der Waals surface area (Å²) >= 11 is 0. The summed E-state index contributed by atoms with van der Waals surface area (Å²) in [6.45, 7) is 3.70. The van der Waals surface area contributed by atoms with Crippen molar-refractivity contribution < 1.29 is 39.8 Å². The minimum absolute atomic E-state index is 0.192. The largest absolute Gasteiger partial charge is 0.394 e. The van der Waals surface area contributed by atoms with Gasteiger partial charge in [-0.2, -0.15) is 0 Å². The topological polar surface area (TPSA) is 149 Å². The smallest absolute Gasteiger partial charge is 0.220 e. The Balaban J connectivity index is 2.32. The Bertz CT molecular complexity index is 987. The van der Waals surface area contributed by atoms with E-state index < -0.39 is 49.5 Å². The normalized spacial score (nSPS) is 21.3. The van der Waals surface area contributed by atoms with E-state index in [1.54, 1.807) is 6.08 Å². The van der Waals surface area contributed by atoms with Gasteiger partial charge in [-0.05, 0) is 44.9 Å². The molecule has 0 bridgehead atoms. The van der Waals surface area contributed by atoms with E-state index in [9.17, 15) is 30.3 Å². The van der Waals surface area contributed by atoms with Crippen LogP contribution in [0.3, 0.4) is 0 Å². The van der Waals surface area contributed by atoms with Gasteiger partial charge in [0.1, 0.15) is 24.4 Å². The molecular weight excluding hydrogens is 719 g/mol. The molecule has 0 aliphatic carbocycles. The first kappa shape index (κ1) is 53.4. The highest BCUT2D eigenvalue weighted by atomic mass is 16.7. The Labute approximate surface area is 349 Å². The summed E-state index contributed by atoms with van der Waals surface area (Å²) in [4.78, 5) is 12.9. The summed E-state index contributed by atoms with van der Waals surface area (Å²) in [5.74, 6) is -0.192. The quantitative estimate of drug-likeness (QED) is 0.0266. The van der Waals surface area contributed by atoms with Crippen LogP contribution in [0.15, 0.2) is 36.5 Å². The molecule has 0 spiro atoms. The maximum atomic E-state index is 12.9. The van der Waals surface area contributed by atoms with Crippen molar-refractivity contribution in [2.75, 3.05) is 13.2 Å². The van der Waals surface area contributed by atoms with Crippen LogP contribution in [0.25, 0.3) is 0 Å². The predicted octanol–water partition coefficient (Wildman–Crippen LogP) is 10.1. The summed E-state index contributed by atoms with van der Waals surface area (Å²) in [7, 11) is 0. The zero-order valence-electron chi connectivity index (χ0n) is 36.6. The molecule has 1 amide bonds. The number of hydrogen-bond acceptors (Lipinski definition) is 8.